The Hall–Kier alpha value is -2.95. The fourth-order valence-electron chi connectivity index (χ4n) is 6.13. The van der Waals surface area contributed by atoms with Gasteiger partial charge in [-0.15, -0.1) is 0 Å². The van der Waals surface area contributed by atoms with E-state index in [1.807, 2.05) is 37.3 Å². The van der Waals surface area contributed by atoms with E-state index in [4.69, 9.17) is 0 Å². The summed E-state index contributed by atoms with van der Waals surface area (Å²) in [6, 6.07) is 22.3. The highest BCUT2D eigenvalue weighted by atomic mass is 19.4. The van der Waals surface area contributed by atoms with Crippen molar-refractivity contribution in [3.63, 3.8) is 0 Å². The van der Waals surface area contributed by atoms with E-state index in [1.165, 1.54) is 29.8 Å². The van der Waals surface area contributed by atoms with Gasteiger partial charge < -0.3 is 15.0 Å². The summed E-state index contributed by atoms with van der Waals surface area (Å²) in [5.41, 5.74) is 2.28. The minimum absolute atomic E-state index is 0.0295. The van der Waals surface area contributed by atoms with E-state index < -0.39 is 24.7 Å². The Morgan fingerprint density at radius 3 is 1.90 bits per heavy atom. The van der Waals surface area contributed by atoms with Crippen LogP contribution in [0.2, 0.25) is 0 Å². The summed E-state index contributed by atoms with van der Waals surface area (Å²) in [7, 11) is 0. The fraction of sp³-hybridized carbons (Fsp3) is 0.562. The Morgan fingerprint density at radius 1 is 0.810 bits per heavy atom. The zero-order valence-electron chi connectivity index (χ0n) is 24.3. The summed E-state index contributed by atoms with van der Waals surface area (Å²) in [5.74, 6) is -2.49. The van der Waals surface area contributed by atoms with E-state index in [0.717, 1.165) is 31.0 Å². The molecule has 1 amide bonds. The summed E-state index contributed by atoms with van der Waals surface area (Å²) in [5, 5.41) is 3.66. The highest BCUT2D eigenvalue weighted by Crippen LogP contribution is 2.36. The van der Waals surface area contributed by atoms with Crippen LogP contribution in [0.5, 0.6) is 0 Å². The molecule has 4 aliphatic rings. The van der Waals surface area contributed by atoms with Gasteiger partial charge >= 0.3 is 18.1 Å². The molecule has 42 heavy (non-hydrogen) atoms. The van der Waals surface area contributed by atoms with Gasteiger partial charge in [-0.25, -0.2) is 4.79 Å². The van der Waals surface area contributed by atoms with Crippen molar-refractivity contribution in [1.29, 1.82) is 0 Å². The smallest absolute Gasteiger partial charge is 0.422 e. The Labute approximate surface area is 246 Å². The van der Waals surface area contributed by atoms with Gasteiger partial charge in [-0.1, -0.05) is 60.7 Å². The van der Waals surface area contributed by atoms with Gasteiger partial charge in [-0.05, 0) is 50.7 Å². The monoisotopic (exact) mass is 586 g/mol. The molecule has 0 aromatic heterocycles. The van der Waals surface area contributed by atoms with Crippen LogP contribution in [0.4, 0.5) is 13.2 Å². The van der Waals surface area contributed by atoms with Gasteiger partial charge in [0, 0.05) is 56.4 Å². The van der Waals surface area contributed by atoms with Gasteiger partial charge in [0.1, 0.15) is 0 Å². The summed E-state index contributed by atoms with van der Waals surface area (Å²) in [6.45, 7) is 5.66. The lowest BCUT2D eigenvalue weighted by Gasteiger charge is -2.45. The summed E-state index contributed by atoms with van der Waals surface area (Å²) >= 11 is 0. The van der Waals surface area contributed by atoms with Crippen LogP contribution in [0.3, 0.4) is 0 Å². The van der Waals surface area contributed by atoms with E-state index in [-0.39, 0.29) is 18.6 Å². The van der Waals surface area contributed by atoms with Crippen LogP contribution in [0.1, 0.15) is 62.7 Å². The van der Waals surface area contributed by atoms with Crippen LogP contribution in [0.25, 0.3) is 0 Å². The summed E-state index contributed by atoms with van der Waals surface area (Å²) in [4.78, 5) is 30.7. The van der Waals surface area contributed by atoms with Gasteiger partial charge in [0.05, 0.1) is 6.04 Å². The van der Waals surface area contributed by atoms with Crippen LogP contribution in [-0.4, -0.2) is 89.7 Å². The highest BCUT2D eigenvalue weighted by Gasteiger charge is 2.43. The third-order valence-electron chi connectivity index (χ3n) is 8.63. The number of hydrogen-bond acceptors (Lipinski definition) is 6. The number of carbonyl (C=O) groups excluding carboxylic acids is 2. The van der Waals surface area contributed by atoms with Crippen LogP contribution < -0.4 is 5.32 Å². The average Bonchev–Trinajstić information content (AvgIpc) is 3.91. The van der Waals surface area contributed by atoms with Crippen LogP contribution >= 0.6 is 0 Å². The third-order valence-corrected chi connectivity index (χ3v) is 8.63. The lowest BCUT2D eigenvalue weighted by molar-refractivity contribution is -0.190. The minimum Gasteiger partial charge on any atom is -0.449 e. The van der Waals surface area contributed by atoms with Gasteiger partial charge in [-0.2, -0.15) is 13.2 Å². The molecule has 2 saturated heterocycles. The quantitative estimate of drug-likeness (QED) is 0.405. The Kier molecular flexibility index (Phi) is 9.54. The number of rotatable bonds is 5. The molecule has 4 unspecified atom stereocenters. The van der Waals surface area contributed by atoms with E-state index in [2.05, 4.69) is 57.1 Å². The molecule has 0 radical (unpaired) electrons. The number of benzene rings is 2. The van der Waals surface area contributed by atoms with Crippen LogP contribution in [0.15, 0.2) is 60.7 Å². The molecule has 0 bridgehead atoms. The SMILES string of the molecule is CC1CN(C(=O)C(=O)OCC(F)(F)F)C(c2ccccc2)CN1C1CC1.CC1CNC(c2ccccc2)CN1C1CC1. The molecule has 7 nitrogen and oxygen atoms in total. The average molecular weight is 587 g/mol. The van der Waals surface area contributed by atoms with Gasteiger partial charge in [-0.3, -0.25) is 14.6 Å². The second-order valence-electron chi connectivity index (χ2n) is 12.0. The Balaban J connectivity index is 0.000000187. The minimum atomic E-state index is -4.66. The molecule has 6 rings (SSSR count). The van der Waals surface area contributed by atoms with E-state index in [9.17, 15) is 22.8 Å². The number of piperazine rings is 2. The fourth-order valence-corrected chi connectivity index (χ4v) is 6.13. The molecule has 2 aromatic carbocycles. The maximum atomic E-state index is 12.5. The predicted octanol–water partition coefficient (Wildman–Crippen LogP) is 4.71. The number of nitrogens with one attached hydrogen (secondary N) is 1. The number of hydrogen-bond donors (Lipinski definition) is 1. The number of alkyl halides is 3. The standard InChI is InChI=1S/C18H21F3N2O3.C14H20N2/c1-12-9-23(16(24)17(25)26-11-18(19,20)21)15(10-22(12)14-7-8-14)13-5-3-2-4-6-13;1-11-9-15-14(10-16(11)13-7-8-13)12-5-3-2-4-6-12/h2-6,12,14-15H,7-11H2,1H3;2-6,11,13-15H,7-10H2,1H3. The zero-order valence-corrected chi connectivity index (χ0v) is 24.3. The van der Waals surface area contributed by atoms with Crippen molar-refractivity contribution in [3.05, 3.63) is 71.8 Å². The summed E-state index contributed by atoms with van der Waals surface area (Å²) < 4.78 is 40.9. The largest absolute Gasteiger partial charge is 0.449 e. The number of ether oxygens (including phenoxy) is 1. The number of carbonyl (C=O) groups is 2. The second kappa shape index (κ2) is 13.1. The first-order chi connectivity index (χ1) is 20.1. The van der Waals surface area contributed by atoms with Crippen molar-refractivity contribution in [3.8, 4) is 0 Å². The van der Waals surface area contributed by atoms with Crippen LogP contribution in [-0.2, 0) is 14.3 Å². The normalized spacial score (nSPS) is 27.1. The first-order valence-corrected chi connectivity index (χ1v) is 15.0. The van der Waals surface area contributed by atoms with Crippen molar-refractivity contribution < 1.29 is 27.5 Å². The lowest BCUT2D eigenvalue weighted by Crippen LogP contribution is -2.57. The molecule has 228 valence electrons. The number of nitrogens with zero attached hydrogens (tertiary/aromatic N) is 3. The Bertz CT molecular complexity index is 1190. The topological polar surface area (TPSA) is 65.1 Å². The number of amides is 1. The molecular weight excluding hydrogens is 545 g/mol. The number of halogens is 3. The lowest BCUT2D eigenvalue weighted by atomic mass is 9.99. The van der Waals surface area contributed by atoms with Crippen molar-refractivity contribution >= 4 is 11.9 Å². The van der Waals surface area contributed by atoms with Crippen molar-refractivity contribution in [2.45, 2.75) is 82.0 Å². The molecule has 10 heteroatoms. The molecular formula is C32H41F3N4O3. The molecule has 2 aromatic rings. The molecule has 2 aliphatic carbocycles. The first-order valence-electron chi connectivity index (χ1n) is 15.0. The summed E-state index contributed by atoms with van der Waals surface area (Å²) in [6.07, 6.45) is 0.366. The predicted molar refractivity (Wildman–Crippen MR) is 153 cm³/mol. The zero-order chi connectivity index (χ0) is 29.9. The number of esters is 1. The van der Waals surface area contributed by atoms with Crippen molar-refractivity contribution in [2.75, 3.05) is 32.8 Å². The van der Waals surface area contributed by atoms with E-state index in [0.29, 0.717) is 24.7 Å². The van der Waals surface area contributed by atoms with Gasteiger partial charge in [0.15, 0.2) is 6.61 Å². The first kappa shape index (κ1) is 30.5. The highest BCUT2D eigenvalue weighted by molar-refractivity contribution is 6.32. The Morgan fingerprint density at radius 2 is 1.36 bits per heavy atom. The van der Waals surface area contributed by atoms with Gasteiger partial charge in [0.2, 0.25) is 0 Å². The molecule has 2 saturated carbocycles. The second-order valence-corrected chi connectivity index (χ2v) is 12.0. The molecule has 0 spiro atoms. The molecule has 1 N–H and O–H groups in total. The van der Waals surface area contributed by atoms with E-state index >= 15 is 0 Å². The third kappa shape index (κ3) is 7.90. The maximum Gasteiger partial charge on any atom is 0.422 e. The maximum absolute atomic E-state index is 12.5. The van der Waals surface area contributed by atoms with Crippen molar-refractivity contribution in [2.24, 2.45) is 0 Å². The van der Waals surface area contributed by atoms with Gasteiger partial charge in [0.25, 0.3) is 0 Å². The molecule has 4 atom stereocenters. The molecule has 4 fully saturated rings. The molecule has 2 aliphatic heterocycles. The molecule has 2 heterocycles. The van der Waals surface area contributed by atoms with Crippen molar-refractivity contribution in [1.82, 2.24) is 20.0 Å². The van der Waals surface area contributed by atoms with Crippen LogP contribution in [0, 0.1) is 0 Å². The van der Waals surface area contributed by atoms with E-state index in [1.54, 1.807) is 0 Å².